The van der Waals surface area contributed by atoms with Gasteiger partial charge in [-0.3, -0.25) is 9.78 Å². The molecule has 5 nitrogen and oxygen atoms in total. The molecule has 0 aliphatic heterocycles. The summed E-state index contributed by atoms with van der Waals surface area (Å²) in [6, 6.07) is 14.3. The normalized spacial score (nSPS) is 12.9. The number of carbonyl (C=O) groups excluding carboxylic acids is 1. The fourth-order valence-corrected chi connectivity index (χ4v) is 5.34. The minimum Gasteiger partial charge on any atom is -0.326 e. The third kappa shape index (κ3) is 6.25. The van der Waals surface area contributed by atoms with Gasteiger partial charge >= 0.3 is 6.18 Å². The van der Waals surface area contributed by atoms with Crippen molar-refractivity contribution in [3.05, 3.63) is 88.2 Å². The molecule has 0 aliphatic rings. The van der Waals surface area contributed by atoms with Crippen LogP contribution in [-0.4, -0.2) is 19.3 Å². The lowest BCUT2D eigenvalue weighted by atomic mass is 10.1. The van der Waals surface area contributed by atoms with Crippen LogP contribution in [0.2, 0.25) is 10.0 Å². The highest BCUT2D eigenvalue weighted by atomic mass is 35.5. The third-order valence-corrected chi connectivity index (χ3v) is 7.40. The molecule has 0 radical (unpaired) electrons. The Morgan fingerprint density at radius 3 is 2.24 bits per heavy atom. The number of pyridine rings is 1. The molecule has 1 aromatic heterocycles. The summed E-state index contributed by atoms with van der Waals surface area (Å²) in [5, 5.41) is 1.20. The Balaban J connectivity index is 1.91. The van der Waals surface area contributed by atoms with Gasteiger partial charge in [-0.2, -0.15) is 13.2 Å². The number of benzene rings is 2. The lowest BCUT2D eigenvalue weighted by Gasteiger charge is -2.19. The molecule has 1 amide bonds. The summed E-state index contributed by atoms with van der Waals surface area (Å²) in [4.78, 5) is 16.1. The standard InChI is InChI=1S/C22H17Cl2F3N2O3S/c23-15-6-8-16(9-7-15)29-20(30)11-10-19(33(31,32)17-4-2-1-3-5-17)21-18(24)12-14(13-28-21)22(25,26)27/h1-9,12-13,19H,10-11H2,(H,29,30)/t19-/m0/s1. The third-order valence-electron chi connectivity index (χ3n) is 4.71. The van der Waals surface area contributed by atoms with E-state index in [0.29, 0.717) is 23.0 Å². The monoisotopic (exact) mass is 516 g/mol. The lowest BCUT2D eigenvalue weighted by Crippen LogP contribution is -2.20. The molecule has 1 heterocycles. The highest BCUT2D eigenvalue weighted by Crippen LogP contribution is 2.38. The van der Waals surface area contributed by atoms with E-state index in [9.17, 15) is 26.4 Å². The number of alkyl halides is 3. The van der Waals surface area contributed by atoms with E-state index in [4.69, 9.17) is 23.2 Å². The first-order chi connectivity index (χ1) is 15.5. The molecule has 0 unspecified atom stereocenters. The number of nitrogens with zero attached hydrogens (tertiary/aromatic N) is 1. The van der Waals surface area contributed by atoms with E-state index in [1.54, 1.807) is 30.3 Å². The van der Waals surface area contributed by atoms with E-state index in [0.717, 1.165) is 0 Å². The van der Waals surface area contributed by atoms with Crippen LogP contribution in [0.4, 0.5) is 18.9 Å². The Labute approximate surface area is 198 Å². The van der Waals surface area contributed by atoms with Crippen LogP contribution in [0.5, 0.6) is 0 Å². The zero-order chi connectivity index (χ0) is 24.2. The second-order valence-electron chi connectivity index (χ2n) is 7.03. The van der Waals surface area contributed by atoms with Crippen molar-refractivity contribution in [1.29, 1.82) is 0 Å². The van der Waals surface area contributed by atoms with Crippen molar-refractivity contribution < 1.29 is 26.4 Å². The van der Waals surface area contributed by atoms with Crippen molar-refractivity contribution >= 4 is 44.6 Å². The van der Waals surface area contributed by atoms with Gasteiger partial charge in [0.25, 0.3) is 0 Å². The molecule has 2 aromatic carbocycles. The first kappa shape index (κ1) is 25.0. The lowest BCUT2D eigenvalue weighted by molar-refractivity contribution is -0.137. The molecular formula is C22H17Cl2F3N2O3S. The number of nitrogens with one attached hydrogen (secondary N) is 1. The van der Waals surface area contributed by atoms with E-state index in [2.05, 4.69) is 10.3 Å². The molecule has 0 aliphatic carbocycles. The van der Waals surface area contributed by atoms with Gasteiger partial charge < -0.3 is 5.32 Å². The largest absolute Gasteiger partial charge is 0.417 e. The van der Waals surface area contributed by atoms with Gasteiger partial charge in [-0.15, -0.1) is 0 Å². The molecule has 3 aromatic rings. The number of anilines is 1. The van der Waals surface area contributed by atoms with E-state index in [1.165, 1.54) is 24.3 Å². The first-order valence-electron chi connectivity index (χ1n) is 9.55. The van der Waals surface area contributed by atoms with Gasteiger partial charge in [0, 0.05) is 23.3 Å². The Morgan fingerprint density at radius 2 is 1.67 bits per heavy atom. The summed E-state index contributed by atoms with van der Waals surface area (Å²) < 4.78 is 65.6. The van der Waals surface area contributed by atoms with E-state index >= 15 is 0 Å². The fraction of sp³-hybridized carbons (Fsp3) is 0.182. The summed E-state index contributed by atoms with van der Waals surface area (Å²) in [6.45, 7) is 0. The molecule has 3 rings (SSSR count). The van der Waals surface area contributed by atoms with Gasteiger partial charge in [0.2, 0.25) is 5.91 Å². The van der Waals surface area contributed by atoms with E-state index < -0.39 is 37.8 Å². The molecule has 0 saturated carbocycles. The summed E-state index contributed by atoms with van der Waals surface area (Å²) in [6.07, 6.45) is -4.67. The maximum Gasteiger partial charge on any atom is 0.417 e. The molecule has 33 heavy (non-hydrogen) atoms. The number of carbonyl (C=O) groups is 1. The molecular weight excluding hydrogens is 500 g/mol. The predicted molar refractivity (Wildman–Crippen MR) is 120 cm³/mol. The van der Waals surface area contributed by atoms with Gasteiger partial charge in [-0.05, 0) is 48.9 Å². The summed E-state index contributed by atoms with van der Waals surface area (Å²) >= 11 is 11.9. The molecule has 174 valence electrons. The Morgan fingerprint density at radius 1 is 1.03 bits per heavy atom. The molecule has 1 N–H and O–H groups in total. The number of rotatable bonds is 7. The number of amides is 1. The maximum atomic E-state index is 13.3. The Kier molecular flexibility index (Phi) is 7.66. The minimum atomic E-state index is -4.69. The van der Waals surface area contributed by atoms with Crippen molar-refractivity contribution in [2.24, 2.45) is 0 Å². The number of aromatic nitrogens is 1. The number of halogens is 5. The van der Waals surface area contributed by atoms with Crippen LogP contribution < -0.4 is 5.32 Å². The highest BCUT2D eigenvalue weighted by molar-refractivity contribution is 7.91. The van der Waals surface area contributed by atoms with Crippen molar-refractivity contribution in [1.82, 2.24) is 4.98 Å². The van der Waals surface area contributed by atoms with Crippen LogP contribution in [0, 0.1) is 0 Å². The Hall–Kier alpha value is -2.62. The van der Waals surface area contributed by atoms with Gasteiger partial charge in [-0.25, -0.2) is 8.42 Å². The molecule has 0 spiro atoms. The maximum absolute atomic E-state index is 13.3. The number of hydrogen-bond acceptors (Lipinski definition) is 4. The number of sulfone groups is 1. The second kappa shape index (κ2) is 10.1. The van der Waals surface area contributed by atoms with Crippen LogP contribution >= 0.6 is 23.2 Å². The zero-order valence-electron chi connectivity index (χ0n) is 16.8. The van der Waals surface area contributed by atoms with Crippen LogP contribution in [0.15, 0.2) is 71.8 Å². The van der Waals surface area contributed by atoms with Gasteiger partial charge in [-0.1, -0.05) is 41.4 Å². The first-order valence-corrected chi connectivity index (χ1v) is 11.9. The molecule has 11 heteroatoms. The van der Waals surface area contributed by atoms with Crippen molar-refractivity contribution in [2.75, 3.05) is 5.32 Å². The second-order valence-corrected chi connectivity index (χ2v) is 10.0. The van der Waals surface area contributed by atoms with Crippen LogP contribution in [0.1, 0.15) is 29.3 Å². The highest BCUT2D eigenvalue weighted by Gasteiger charge is 2.36. The quantitative estimate of drug-likeness (QED) is 0.397. The smallest absolute Gasteiger partial charge is 0.326 e. The van der Waals surface area contributed by atoms with Gasteiger partial charge in [0.1, 0.15) is 5.25 Å². The van der Waals surface area contributed by atoms with Crippen LogP contribution in [0.25, 0.3) is 0 Å². The Bertz CT molecular complexity index is 1240. The van der Waals surface area contributed by atoms with Crippen LogP contribution in [0.3, 0.4) is 0 Å². The summed E-state index contributed by atoms with van der Waals surface area (Å²) in [7, 11) is -4.12. The number of hydrogen-bond donors (Lipinski definition) is 1. The van der Waals surface area contributed by atoms with Crippen molar-refractivity contribution in [2.45, 2.75) is 29.2 Å². The summed E-state index contributed by atoms with van der Waals surface area (Å²) in [5.41, 5.74) is -0.905. The van der Waals surface area contributed by atoms with Crippen molar-refractivity contribution in [3.8, 4) is 0 Å². The van der Waals surface area contributed by atoms with Gasteiger partial charge in [0.15, 0.2) is 9.84 Å². The molecule has 1 atom stereocenters. The summed E-state index contributed by atoms with van der Waals surface area (Å²) in [5.74, 6) is -0.492. The molecule has 0 saturated heterocycles. The topological polar surface area (TPSA) is 76.1 Å². The van der Waals surface area contributed by atoms with E-state index in [1.807, 2.05) is 0 Å². The zero-order valence-corrected chi connectivity index (χ0v) is 19.1. The minimum absolute atomic E-state index is 0.0640. The average molecular weight is 517 g/mol. The average Bonchev–Trinajstić information content (AvgIpc) is 2.76. The molecule has 0 bridgehead atoms. The fourth-order valence-electron chi connectivity index (χ4n) is 3.07. The molecule has 0 fully saturated rings. The van der Waals surface area contributed by atoms with Crippen LogP contribution in [-0.2, 0) is 20.8 Å². The van der Waals surface area contributed by atoms with Gasteiger partial charge in [0.05, 0.1) is 21.2 Å². The SMILES string of the molecule is O=C(CC[C@@H](c1ncc(C(F)(F)F)cc1Cl)S(=O)(=O)c1ccccc1)Nc1ccc(Cl)cc1. The van der Waals surface area contributed by atoms with E-state index in [-0.39, 0.29) is 23.4 Å². The van der Waals surface area contributed by atoms with Crippen molar-refractivity contribution in [3.63, 3.8) is 0 Å². The predicted octanol–water partition coefficient (Wildman–Crippen LogP) is 6.34.